The summed E-state index contributed by atoms with van der Waals surface area (Å²) in [4.78, 5) is 10.5. The fraction of sp³-hybridized carbons (Fsp3) is 0.889. The number of carboxylic acid groups (broad SMARTS) is 1. The van der Waals surface area contributed by atoms with Crippen molar-refractivity contribution in [3.8, 4) is 0 Å². The third-order valence-electron chi connectivity index (χ3n) is 2.75. The summed E-state index contributed by atoms with van der Waals surface area (Å²) in [5, 5.41) is 13.0. The monoisotopic (exact) mass is 204 g/mol. The van der Waals surface area contributed by atoms with Gasteiger partial charge in [-0.3, -0.25) is 0 Å². The smallest absolute Gasteiger partial charge is 0.134 e. The lowest BCUT2D eigenvalue weighted by Crippen LogP contribution is -2.54. The number of hydrogen-bond donors (Lipinski definition) is 1. The first-order valence-electron chi connectivity index (χ1n) is 4.74. The van der Waals surface area contributed by atoms with Crippen molar-refractivity contribution in [1.82, 2.24) is 5.32 Å². The van der Waals surface area contributed by atoms with Crippen molar-refractivity contribution in [2.45, 2.75) is 44.1 Å². The zero-order valence-electron chi connectivity index (χ0n) is 7.64. The Morgan fingerprint density at radius 2 is 2.00 bits per heavy atom. The lowest BCUT2D eigenvalue weighted by Gasteiger charge is -2.38. The number of amides is 1. The maximum atomic E-state index is 10.5. The van der Waals surface area contributed by atoms with Crippen LogP contribution in [0.5, 0.6) is 0 Å². The second-order valence-corrected chi connectivity index (χ2v) is 4.07. The van der Waals surface area contributed by atoms with Gasteiger partial charge in [0, 0.05) is 11.4 Å². The lowest BCUT2D eigenvalue weighted by atomic mass is 9.80. The summed E-state index contributed by atoms with van der Waals surface area (Å²) in [6.45, 7) is 0. The Hall–Kier alpha value is -0.440. The summed E-state index contributed by atoms with van der Waals surface area (Å²) in [5.74, 6) is 0.500. The van der Waals surface area contributed by atoms with E-state index in [1.165, 1.54) is 6.42 Å². The molecule has 3 nitrogen and oxygen atoms in total. The molecule has 13 heavy (non-hydrogen) atoms. The van der Waals surface area contributed by atoms with Crippen molar-refractivity contribution < 1.29 is 9.90 Å². The number of halogens is 1. The van der Waals surface area contributed by atoms with Crippen molar-refractivity contribution in [1.29, 1.82) is 0 Å². The van der Waals surface area contributed by atoms with Crippen LogP contribution < -0.4 is 10.4 Å². The molecule has 0 spiro atoms. The van der Waals surface area contributed by atoms with Crippen molar-refractivity contribution in [3.05, 3.63) is 0 Å². The molecule has 1 amide bonds. The highest BCUT2D eigenvalue weighted by atomic mass is 35.5. The van der Waals surface area contributed by atoms with Gasteiger partial charge in [0.05, 0.1) is 0 Å². The van der Waals surface area contributed by atoms with Gasteiger partial charge >= 0.3 is 0 Å². The highest BCUT2D eigenvalue weighted by Crippen LogP contribution is 2.31. The van der Waals surface area contributed by atoms with Gasteiger partial charge in [0.15, 0.2) is 0 Å². The lowest BCUT2D eigenvalue weighted by molar-refractivity contribution is -0.253. The van der Waals surface area contributed by atoms with Crippen LogP contribution in [0.2, 0.25) is 0 Å². The summed E-state index contributed by atoms with van der Waals surface area (Å²) >= 11 is 5.65. The predicted molar refractivity (Wildman–Crippen MR) is 49.7 cm³/mol. The standard InChI is InChI=1S/C9H16ClNO2/c10-7-6-9(11-8(12)13)4-2-1-3-5-9/h11H,1-7H2,(H,12,13)/p-1. The molecule has 0 aromatic rings. The molecule has 1 fully saturated rings. The number of hydrogen-bond acceptors (Lipinski definition) is 2. The van der Waals surface area contributed by atoms with Crippen LogP contribution in [0.15, 0.2) is 0 Å². The fourth-order valence-electron chi connectivity index (χ4n) is 2.06. The van der Waals surface area contributed by atoms with E-state index < -0.39 is 6.09 Å². The minimum atomic E-state index is -1.17. The van der Waals surface area contributed by atoms with Crippen molar-refractivity contribution >= 4 is 17.7 Å². The van der Waals surface area contributed by atoms with Gasteiger partial charge in [0.1, 0.15) is 6.09 Å². The first kappa shape index (κ1) is 10.6. The fourth-order valence-corrected chi connectivity index (χ4v) is 2.43. The number of carbonyl (C=O) groups excluding carboxylic acids is 1. The highest BCUT2D eigenvalue weighted by molar-refractivity contribution is 6.17. The number of carbonyl (C=O) groups is 1. The first-order chi connectivity index (χ1) is 6.18. The topological polar surface area (TPSA) is 52.2 Å². The van der Waals surface area contributed by atoms with Gasteiger partial charge in [-0.15, -0.1) is 11.6 Å². The summed E-state index contributed by atoms with van der Waals surface area (Å²) in [6, 6.07) is 0. The van der Waals surface area contributed by atoms with Crippen molar-refractivity contribution in [3.63, 3.8) is 0 Å². The van der Waals surface area contributed by atoms with Crippen LogP contribution in [0.3, 0.4) is 0 Å². The van der Waals surface area contributed by atoms with Crippen LogP contribution in [0.1, 0.15) is 38.5 Å². The Morgan fingerprint density at radius 3 is 2.46 bits per heavy atom. The SMILES string of the molecule is O=C([O-])NC1(CCCl)CCCCC1. The van der Waals surface area contributed by atoms with E-state index in [9.17, 15) is 9.90 Å². The Balaban J connectivity index is 2.55. The van der Waals surface area contributed by atoms with Crippen LogP contribution in [0, 0.1) is 0 Å². The van der Waals surface area contributed by atoms with Crippen molar-refractivity contribution in [2.24, 2.45) is 0 Å². The van der Waals surface area contributed by atoms with E-state index in [1.54, 1.807) is 0 Å². The van der Waals surface area contributed by atoms with E-state index in [0.717, 1.165) is 25.7 Å². The van der Waals surface area contributed by atoms with E-state index in [1.807, 2.05) is 0 Å². The van der Waals surface area contributed by atoms with Gasteiger partial charge in [-0.2, -0.15) is 0 Å². The van der Waals surface area contributed by atoms with E-state index >= 15 is 0 Å². The van der Waals surface area contributed by atoms with E-state index in [4.69, 9.17) is 11.6 Å². The maximum absolute atomic E-state index is 10.5. The number of nitrogens with one attached hydrogen (secondary N) is 1. The predicted octanol–water partition coefficient (Wildman–Crippen LogP) is 1.25. The Morgan fingerprint density at radius 1 is 1.38 bits per heavy atom. The normalized spacial score (nSPS) is 21.0. The van der Waals surface area contributed by atoms with Crippen LogP contribution in [0.25, 0.3) is 0 Å². The third kappa shape index (κ3) is 3.07. The first-order valence-corrected chi connectivity index (χ1v) is 5.27. The molecule has 1 rings (SSSR count). The molecule has 4 heteroatoms. The van der Waals surface area contributed by atoms with Crippen LogP contribution >= 0.6 is 11.6 Å². The molecule has 1 saturated carbocycles. The maximum Gasteiger partial charge on any atom is 0.134 e. The van der Waals surface area contributed by atoms with Gasteiger partial charge in [-0.05, 0) is 19.3 Å². The van der Waals surface area contributed by atoms with Gasteiger partial charge < -0.3 is 15.2 Å². The average Bonchev–Trinajstić information content (AvgIpc) is 2.04. The van der Waals surface area contributed by atoms with Crippen LogP contribution in [-0.2, 0) is 0 Å². The van der Waals surface area contributed by atoms with E-state index in [2.05, 4.69) is 5.32 Å². The summed E-state index contributed by atoms with van der Waals surface area (Å²) in [6.07, 6.45) is 4.68. The third-order valence-corrected chi connectivity index (χ3v) is 2.94. The molecule has 0 atom stereocenters. The Labute approximate surface area is 83.5 Å². The van der Waals surface area contributed by atoms with Gasteiger partial charge in [-0.25, -0.2) is 0 Å². The molecule has 0 aliphatic heterocycles. The second-order valence-electron chi connectivity index (χ2n) is 3.69. The van der Waals surface area contributed by atoms with E-state index in [-0.39, 0.29) is 5.54 Å². The Kier molecular flexibility index (Phi) is 3.85. The summed E-state index contributed by atoms with van der Waals surface area (Å²) in [5.41, 5.74) is -0.293. The zero-order chi connectivity index (χ0) is 9.73. The largest absolute Gasteiger partial charge is 0.530 e. The molecule has 0 bridgehead atoms. The molecular weight excluding hydrogens is 190 g/mol. The molecule has 0 aromatic carbocycles. The molecule has 0 saturated heterocycles. The van der Waals surface area contributed by atoms with Crippen molar-refractivity contribution in [2.75, 3.05) is 5.88 Å². The number of rotatable bonds is 3. The molecule has 1 aliphatic carbocycles. The molecule has 0 radical (unpaired) electrons. The molecule has 1 aliphatic rings. The minimum Gasteiger partial charge on any atom is -0.530 e. The average molecular weight is 205 g/mol. The highest BCUT2D eigenvalue weighted by Gasteiger charge is 2.30. The summed E-state index contributed by atoms with van der Waals surface area (Å²) in [7, 11) is 0. The molecule has 1 N–H and O–H groups in total. The molecular formula is C9H15ClNO2-. The number of alkyl halides is 1. The van der Waals surface area contributed by atoms with Gasteiger partial charge in [0.2, 0.25) is 0 Å². The van der Waals surface area contributed by atoms with E-state index in [0.29, 0.717) is 12.3 Å². The Bertz CT molecular complexity index is 173. The molecule has 76 valence electrons. The second kappa shape index (κ2) is 4.70. The van der Waals surface area contributed by atoms with Gasteiger partial charge in [0.25, 0.3) is 0 Å². The minimum absolute atomic E-state index is 0.293. The molecule has 0 unspecified atom stereocenters. The van der Waals surface area contributed by atoms with Crippen LogP contribution in [-0.4, -0.2) is 17.5 Å². The quantitative estimate of drug-likeness (QED) is 0.704. The zero-order valence-corrected chi connectivity index (χ0v) is 8.40. The summed E-state index contributed by atoms with van der Waals surface area (Å²) < 4.78 is 0. The van der Waals surface area contributed by atoms with Gasteiger partial charge in [-0.1, -0.05) is 19.3 Å². The van der Waals surface area contributed by atoms with Crippen LogP contribution in [0.4, 0.5) is 4.79 Å². The molecule has 0 aromatic heterocycles. The molecule has 0 heterocycles.